The van der Waals surface area contributed by atoms with Gasteiger partial charge in [0.05, 0.1) is 11.7 Å². The number of aryl methyl sites for hydroxylation is 1. The van der Waals surface area contributed by atoms with Crippen molar-refractivity contribution in [2.24, 2.45) is 0 Å². The molecule has 0 aliphatic heterocycles. The van der Waals surface area contributed by atoms with E-state index in [4.69, 9.17) is 4.43 Å². The summed E-state index contributed by atoms with van der Waals surface area (Å²) in [6, 6.07) is 4.21. The number of aromatic nitrogens is 3. The second-order valence-electron chi connectivity index (χ2n) is 7.14. The Balaban J connectivity index is 1.78. The van der Waals surface area contributed by atoms with Crippen LogP contribution in [0.4, 0.5) is 0 Å². The van der Waals surface area contributed by atoms with Gasteiger partial charge in [-0.05, 0) is 49.5 Å². The van der Waals surface area contributed by atoms with Crippen LogP contribution in [0, 0.1) is 0 Å². The standard InChI is InChI=1S/C16H27N3OSi/c1-16(2,3)21(4,5)20-11-7-6-8-14-9-10-15-12-17-13-18-19(14)15/h9-10,12-13H,6-8,11H2,1-5H3. The van der Waals surface area contributed by atoms with E-state index in [0.717, 1.165) is 31.4 Å². The topological polar surface area (TPSA) is 39.4 Å². The van der Waals surface area contributed by atoms with Crippen molar-refractivity contribution in [3.05, 3.63) is 30.4 Å². The zero-order valence-corrected chi connectivity index (χ0v) is 14.9. The van der Waals surface area contributed by atoms with Gasteiger partial charge in [0, 0.05) is 12.3 Å². The monoisotopic (exact) mass is 305 g/mol. The van der Waals surface area contributed by atoms with Crippen molar-refractivity contribution in [1.29, 1.82) is 0 Å². The highest BCUT2D eigenvalue weighted by molar-refractivity contribution is 6.74. The third-order valence-electron chi connectivity index (χ3n) is 4.50. The summed E-state index contributed by atoms with van der Waals surface area (Å²) in [5.74, 6) is 0. The number of hydrogen-bond donors (Lipinski definition) is 0. The second kappa shape index (κ2) is 6.28. The third-order valence-corrected chi connectivity index (χ3v) is 9.04. The van der Waals surface area contributed by atoms with E-state index in [1.54, 1.807) is 6.33 Å². The first-order chi connectivity index (χ1) is 9.81. The number of hydrogen-bond acceptors (Lipinski definition) is 3. The van der Waals surface area contributed by atoms with Crippen LogP contribution < -0.4 is 0 Å². The maximum Gasteiger partial charge on any atom is 0.191 e. The van der Waals surface area contributed by atoms with Crippen molar-refractivity contribution < 1.29 is 4.43 Å². The molecule has 2 aromatic rings. The number of unbranched alkanes of at least 4 members (excludes halogenated alkanes) is 1. The van der Waals surface area contributed by atoms with E-state index in [-0.39, 0.29) is 0 Å². The van der Waals surface area contributed by atoms with Gasteiger partial charge in [0.25, 0.3) is 0 Å². The molecule has 0 radical (unpaired) electrons. The van der Waals surface area contributed by atoms with E-state index < -0.39 is 8.32 Å². The number of nitrogens with zero attached hydrogens (tertiary/aromatic N) is 3. The summed E-state index contributed by atoms with van der Waals surface area (Å²) >= 11 is 0. The summed E-state index contributed by atoms with van der Waals surface area (Å²) in [4.78, 5) is 4.04. The molecule has 2 rings (SSSR count). The molecule has 2 heterocycles. The Morgan fingerprint density at radius 3 is 2.67 bits per heavy atom. The molecule has 0 spiro atoms. The average molecular weight is 305 g/mol. The van der Waals surface area contributed by atoms with Crippen LogP contribution in [-0.4, -0.2) is 29.5 Å². The molecule has 4 nitrogen and oxygen atoms in total. The highest BCUT2D eigenvalue weighted by Crippen LogP contribution is 2.36. The molecule has 0 atom stereocenters. The summed E-state index contributed by atoms with van der Waals surface area (Å²) in [5, 5.41) is 4.59. The van der Waals surface area contributed by atoms with Gasteiger partial charge in [-0.15, -0.1) is 0 Å². The molecule has 0 unspecified atom stereocenters. The predicted molar refractivity (Wildman–Crippen MR) is 89.1 cm³/mol. The molecule has 0 saturated carbocycles. The fourth-order valence-electron chi connectivity index (χ4n) is 2.06. The van der Waals surface area contributed by atoms with E-state index in [1.807, 2.05) is 10.7 Å². The van der Waals surface area contributed by atoms with Gasteiger partial charge in [-0.2, -0.15) is 5.10 Å². The summed E-state index contributed by atoms with van der Waals surface area (Å²) in [5.41, 5.74) is 2.31. The van der Waals surface area contributed by atoms with Gasteiger partial charge in [0.15, 0.2) is 8.32 Å². The van der Waals surface area contributed by atoms with Crippen molar-refractivity contribution in [3.63, 3.8) is 0 Å². The zero-order chi connectivity index (χ0) is 15.5. The molecule has 0 saturated heterocycles. The van der Waals surface area contributed by atoms with Crippen LogP contribution in [0.25, 0.3) is 5.52 Å². The van der Waals surface area contributed by atoms with E-state index >= 15 is 0 Å². The molecule has 0 aliphatic rings. The molecule has 0 N–H and O–H groups in total. The lowest BCUT2D eigenvalue weighted by Gasteiger charge is -2.36. The van der Waals surface area contributed by atoms with Crippen LogP contribution in [0.15, 0.2) is 24.7 Å². The van der Waals surface area contributed by atoms with Gasteiger partial charge in [0.1, 0.15) is 6.33 Å². The van der Waals surface area contributed by atoms with Crippen molar-refractivity contribution in [1.82, 2.24) is 14.6 Å². The lowest BCUT2D eigenvalue weighted by Crippen LogP contribution is -2.40. The summed E-state index contributed by atoms with van der Waals surface area (Å²) in [7, 11) is -1.59. The van der Waals surface area contributed by atoms with Gasteiger partial charge in [-0.1, -0.05) is 20.8 Å². The maximum absolute atomic E-state index is 6.21. The predicted octanol–water partition coefficient (Wildman–Crippen LogP) is 4.07. The smallest absolute Gasteiger partial charge is 0.191 e. The van der Waals surface area contributed by atoms with Gasteiger partial charge >= 0.3 is 0 Å². The quantitative estimate of drug-likeness (QED) is 0.596. The average Bonchev–Trinajstić information content (AvgIpc) is 2.80. The minimum Gasteiger partial charge on any atom is -0.417 e. The summed E-state index contributed by atoms with van der Waals surface area (Å²) < 4.78 is 8.18. The van der Waals surface area contributed by atoms with Gasteiger partial charge in [-0.25, -0.2) is 9.50 Å². The molecular weight excluding hydrogens is 278 g/mol. The van der Waals surface area contributed by atoms with Crippen LogP contribution >= 0.6 is 0 Å². The molecule has 0 amide bonds. The van der Waals surface area contributed by atoms with Crippen molar-refractivity contribution >= 4 is 13.8 Å². The Labute approximate surface area is 128 Å². The van der Waals surface area contributed by atoms with Crippen LogP contribution in [-0.2, 0) is 10.8 Å². The molecule has 0 aliphatic carbocycles. The van der Waals surface area contributed by atoms with Crippen LogP contribution in [0.5, 0.6) is 0 Å². The number of fused-ring (bicyclic) bond motifs is 1. The first kappa shape index (κ1) is 16.2. The highest BCUT2D eigenvalue weighted by Gasteiger charge is 2.36. The molecule has 21 heavy (non-hydrogen) atoms. The molecule has 0 fully saturated rings. The Hall–Kier alpha value is -1.20. The minimum absolute atomic E-state index is 0.293. The first-order valence-electron chi connectivity index (χ1n) is 7.72. The minimum atomic E-state index is -1.59. The highest BCUT2D eigenvalue weighted by atomic mass is 28.4. The van der Waals surface area contributed by atoms with Crippen molar-refractivity contribution in [2.75, 3.05) is 6.61 Å². The molecule has 0 bridgehead atoms. The van der Waals surface area contributed by atoms with E-state index in [1.165, 1.54) is 5.69 Å². The number of rotatable bonds is 6. The fraction of sp³-hybridized carbons (Fsp3) is 0.625. The molecule has 116 valence electrons. The van der Waals surface area contributed by atoms with Crippen LogP contribution in [0.1, 0.15) is 39.3 Å². The second-order valence-corrected chi connectivity index (χ2v) is 11.9. The van der Waals surface area contributed by atoms with Crippen molar-refractivity contribution in [3.8, 4) is 0 Å². The summed E-state index contributed by atoms with van der Waals surface area (Å²) in [6.07, 6.45) is 6.70. The van der Waals surface area contributed by atoms with E-state index in [9.17, 15) is 0 Å². The van der Waals surface area contributed by atoms with Gasteiger partial charge in [-0.3, -0.25) is 0 Å². The molecule has 0 aromatic carbocycles. The Morgan fingerprint density at radius 2 is 1.95 bits per heavy atom. The first-order valence-corrected chi connectivity index (χ1v) is 10.6. The Kier molecular flexibility index (Phi) is 4.83. The molecule has 2 aromatic heterocycles. The van der Waals surface area contributed by atoms with Crippen LogP contribution in [0.3, 0.4) is 0 Å². The van der Waals surface area contributed by atoms with Gasteiger partial charge in [0.2, 0.25) is 0 Å². The molecular formula is C16H27N3OSi. The normalized spacial score (nSPS) is 13.0. The van der Waals surface area contributed by atoms with E-state index in [0.29, 0.717) is 5.04 Å². The van der Waals surface area contributed by atoms with E-state index in [2.05, 4.69) is 56.1 Å². The maximum atomic E-state index is 6.21. The lowest BCUT2D eigenvalue weighted by molar-refractivity contribution is 0.279. The van der Waals surface area contributed by atoms with Gasteiger partial charge < -0.3 is 4.43 Å². The fourth-order valence-corrected chi connectivity index (χ4v) is 3.15. The summed E-state index contributed by atoms with van der Waals surface area (Å²) in [6.45, 7) is 12.3. The molecule has 5 heteroatoms. The zero-order valence-electron chi connectivity index (χ0n) is 13.9. The third kappa shape index (κ3) is 3.92. The largest absolute Gasteiger partial charge is 0.417 e. The Morgan fingerprint density at radius 1 is 1.19 bits per heavy atom. The van der Waals surface area contributed by atoms with Crippen molar-refractivity contribution in [2.45, 2.75) is 58.2 Å². The Bertz CT molecular complexity index is 586. The van der Waals surface area contributed by atoms with Crippen LogP contribution in [0.2, 0.25) is 18.1 Å². The SMILES string of the molecule is CC(C)(C)[Si](C)(C)OCCCCc1ccc2cncnn12. The lowest BCUT2D eigenvalue weighted by atomic mass is 10.2.